The first-order chi connectivity index (χ1) is 6.90. The predicted molar refractivity (Wildman–Crippen MR) is 55.6 cm³/mol. The second kappa shape index (κ2) is 4.08. The molecule has 0 spiro atoms. The number of hydrogen-bond donors (Lipinski definition) is 1. The highest BCUT2D eigenvalue weighted by Crippen LogP contribution is 2.30. The van der Waals surface area contributed by atoms with Crippen LogP contribution in [0, 0.1) is 5.41 Å². The normalized spacial score (nSPS) is 25.4. The van der Waals surface area contributed by atoms with Crippen LogP contribution in [0.5, 0.6) is 0 Å². The highest BCUT2D eigenvalue weighted by molar-refractivity contribution is 5.79. The highest BCUT2D eigenvalue weighted by Gasteiger charge is 2.42. The van der Waals surface area contributed by atoms with Crippen molar-refractivity contribution in [2.75, 3.05) is 26.7 Å². The number of hydrogen-bond acceptors (Lipinski definition) is 2. The molecule has 0 aliphatic carbocycles. The van der Waals surface area contributed by atoms with Gasteiger partial charge in [-0.15, -0.1) is 0 Å². The summed E-state index contributed by atoms with van der Waals surface area (Å²) in [5.74, 6) is -0.822. The standard InChI is InChI=1S/C10H18N2O3/c1-4-11(3)9(15)12-6-5-10(2,7-12)8(13)14/h4-7H2,1-3H3,(H,13,14). The number of carbonyl (C=O) groups is 2. The smallest absolute Gasteiger partial charge is 0.319 e. The number of aliphatic carboxylic acids is 1. The van der Waals surface area contributed by atoms with Gasteiger partial charge < -0.3 is 14.9 Å². The molecule has 1 N–H and O–H groups in total. The van der Waals surface area contributed by atoms with Crippen LogP contribution < -0.4 is 0 Å². The van der Waals surface area contributed by atoms with E-state index in [0.29, 0.717) is 26.1 Å². The van der Waals surface area contributed by atoms with Crippen LogP contribution >= 0.6 is 0 Å². The fraction of sp³-hybridized carbons (Fsp3) is 0.800. The molecule has 1 atom stereocenters. The molecule has 1 aliphatic rings. The van der Waals surface area contributed by atoms with Gasteiger partial charge in [0.05, 0.1) is 5.41 Å². The van der Waals surface area contributed by atoms with Crippen molar-refractivity contribution in [3.63, 3.8) is 0 Å². The van der Waals surface area contributed by atoms with E-state index in [1.165, 1.54) is 0 Å². The summed E-state index contributed by atoms with van der Waals surface area (Å²) in [4.78, 5) is 25.9. The molecule has 15 heavy (non-hydrogen) atoms. The summed E-state index contributed by atoms with van der Waals surface area (Å²) in [7, 11) is 1.72. The van der Waals surface area contributed by atoms with Crippen LogP contribution in [-0.4, -0.2) is 53.6 Å². The van der Waals surface area contributed by atoms with Gasteiger partial charge in [0, 0.05) is 26.7 Å². The minimum Gasteiger partial charge on any atom is -0.481 e. The van der Waals surface area contributed by atoms with Gasteiger partial charge in [-0.25, -0.2) is 4.79 Å². The van der Waals surface area contributed by atoms with Gasteiger partial charge in [0.15, 0.2) is 0 Å². The molecule has 5 nitrogen and oxygen atoms in total. The fourth-order valence-corrected chi connectivity index (χ4v) is 1.68. The number of likely N-dealkylation sites (tertiary alicyclic amines) is 1. The molecule has 2 amide bonds. The molecule has 86 valence electrons. The number of rotatable bonds is 2. The molecular formula is C10H18N2O3. The van der Waals surface area contributed by atoms with Gasteiger partial charge in [0.25, 0.3) is 0 Å². The van der Waals surface area contributed by atoms with E-state index in [0.717, 1.165) is 0 Å². The summed E-state index contributed by atoms with van der Waals surface area (Å²) in [5.41, 5.74) is -0.774. The van der Waals surface area contributed by atoms with Crippen LogP contribution in [0.2, 0.25) is 0 Å². The lowest BCUT2D eigenvalue weighted by molar-refractivity contribution is -0.147. The monoisotopic (exact) mass is 214 g/mol. The van der Waals surface area contributed by atoms with Crippen LogP contribution in [-0.2, 0) is 4.79 Å². The average Bonchev–Trinajstić information content (AvgIpc) is 2.60. The van der Waals surface area contributed by atoms with E-state index >= 15 is 0 Å². The highest BCUT2D eigenvalue weighted by atomic mass is 16.4. The maximum Gasteiger partial charge on any atom is 0.319 e. The van der Waals surface area contributed by atoms with E-state index in [2.05, 4.69) is 0 Å². The van der Waals surface area contributed by atoms with Crippen molar-refractivity contribution in [1.82, 2.24) is 9.80 Å². The third kappa shape index (κ3) is 2.22. The molecular weight excluding hydrogens is 196 g/mol. The number of urea groups is 1. The zero-order valence-electron chi connectivity index (χ0n) is 9.49. The molecule has 1 fully saturated rings. The first-order valence-electron chi connectivity index (χ1n) is 5.14. The topological polar surface area (TPSA) is 60.9 Å². The summed E-state index contributed by atoms with van der Waals surface area (Å²) in [6.45, 7) is 5.07. The average molecular weight is 214 g/mol. The number of amides is 2. The van der Waals surface area contributed by atoms with Crippen molar-refractivity contribution in [2.24, 2.45) is 5.41 Å². The second-order valence-electron chi connectivity index (χ2n) is 4.33. The van der Waals surface area contributed by atoms with E-state index in [9.17, 15) is 9.59 Å². The van der Waals surface area contributed by atoms with Crippen LogP contribution in [0.3, 0.4) is 0 Å². The molecule has 5 heteroatoms. The van der Waals surface area contributed by atoms with Crippen molar-refractivity contribution in [3.05, 3.63) is 0 Å². The van der Waals surface area contributed by atoms with Gasteiger partial charge in [-0.3, -0.25) is 4.79 Å². The Bertz CT molecular complexity index is 280. The Morgan fingerprint density at radius 2 is 2.13 bits per heavy atom. The lowest BCUT2D eigenvalue weighted by Gasteiger charge is -2.24. The molecule has 0 aromatic heterocycles. The number of carboxylic acid groups (broad SMARTS) is 1. The molecule has 1 heterocycles. The Morgan fingerprint density at radius 3 is 2.53 bits per heavy atom. The minimum absolute atomic E-state index is 0.0810. The molecule has 0 saturated carbocycles. The van der Waals surface area contributed by atoms with Gasteiger partial charge in [0.1, 0.15) is 0 Å². The molecule has 0 aromatic rings. The van der Waals surface area contributed by atoms with Crippen molar-refractivity contribution in [3.8, 4) is 0 Å². The lowest BCUT2D eigenvalue weighted by atomic mass is 9.90. The Hall–Kier alpha value is -1.26. The van der Waals surface area contributed by atoms with Crippen molar-refractivity contribution in [1.29, 1.82) is 0 Å². The number of carbonyl (C=O) groups excluding carboxylic acids is 1. The quantitative estimate of drug-likeness (QED) is 0.741. The number of carboxylic acids is 1. The molecule has 1 unspecified atom stereocenters. The van der Waals surface area contributed by atoms with Crippen molar-refractivity contribution < 1.29 is 14.7 Å². The Labute approximate surface area is 89.7 Å². The van der Waals surface area contributed by atoms with Crippen LogP contribution in [0.4, 0.5) is 4.79 Å². The fourth-order valence-electron chi connectivity index (χ4n) is 1.68. The van der Waals surface area contributed by atoms with Crippen LogP contribution in [0.25, 0.3) is 0 Å². The SMILES string of the molecule is CCN(C)C(=O)N1CCC(C)(C(=O)O)C1. The Kier molecular flexibility index (Phi) is 3.21. The van der Waals surface area contributed by atoms with Gasteiger partial charge >= 0.3 is 12.0 Å². The van der Waals surface area contributed by atoms with E-state index in [1.54, 1.807) is 23.8 Å². The first-order valence-corrected chi connectivity index (χ1v) is 5.14. The maximum atomic E-state index is 11.7. The summed E-state index contributed by atoms with van der Waals surface area (Å²) in [6, 6.07) is -0.0810. The number of nitrogens with zero attached hydrogens (tertiary/aromatic N) is 2. The molecule has 1 aliphatic heterocycles. The van der Waals surface area contributed by atoms with E-state index in [4.69, 9.17) is 5.11 Å². The summed E-state index contributed by atoms with van der Waals surface area (Å²) in [6.07, 6.45) is 0.533. The van der Waals surface area contributed by atoms with Gasteiger partial charge in [0.2, 0.25) is 0 Å². The minimum atomic E-state index is -0.822. The zero-order chi connectivity index (χ0) is 11.6. The third-order valence-electron chi connectivity index (χ3n) is 3.06. The Balaban J connectivity index is 2.64. The predicted octanol–water partition coefficient (Wildman–Crippen LogP) is 0.855. The molecule has 0 bridgehead atoms. The lowest BCUT2D eigenvalue weighted by Crippen LogP contribution is -2.41. The second-order valence-corrected chi connectivity index (χ2v) is 4.33. The van der Waals surface area contributed by atoms with Gasteiger partial charge in [-0.05, 0) is 20.3 Å². The van der Waals surface area contributed by atoms with Crippen molar-refractivity contribution in [2.45, 2.75) is 20.3 Å². The van der Waals surface area contributed by atoms with E-state index in [-0.39, 0.29) is 6.03 Å². The molecule has 0 aromatic carbocycles. The van der Waals surface area contributed by atoms with E-state index in [1.807, 2.05) is 6.92 Å². The van der Waals surface area contributed by atoms with E-state index < -0.39 is 11.4 Å². The summed E-state index contributed by atoms with van der Waals surface area (Å²) in [5, 5.41) is 9.02. The van der Waals surface area contributed by atoms with Gasteiger partial charge in [-0.2, -0.15) is 0 Å². The molecule has 1 rings (SSSR count). The first kappa shape index (κ1) is 11.8. The van der Waals surface area contributed by atoms with Gasteiger partial charge in [-0.1, -0.05) is 0 Å². The maximum absolute atomic E-state index is 11.7. The largest absolute Gasteiger partial charge is 0.481 e. The Morgan fingerprint density at radius 1 is 1.53 bits per heavy atom. The van der Waals surface area contributed by atoms with Crippen LogP contribution in [0.1, 0.15) is 20.3 Å². The van der Waals surface area contributed by atoms with Crippen molar-refractivity contribution >= 4 is 12.0 Å². The zero-order valence-corrected chi connectivity index (χ0v) is 9.49. The summed E-state index contributed by atoms with van der Waals surface area (Å²) >= 11 is 0. The molecule has 0 radical (unpaired) electrons. The molecule has 1 saturated heterocycles. The summed E-state index contributed by atoms with van der Waals surface area (Å²) < 4.78 is 0. The third-order valence-corrected chi connectivity index (χ3v) is 3.06. The van der Waals surface area contributed by atoms with Crippen LogP contribution in [0.15, 0.2) is 0 Å².